The molecule has 0 radical (unpaired) electrons. The van der Waals surface area contributed by atoms with Crippen molar-refractivity contribution >= 4 is 11.6 Å². The lowest BCUT2D eigenvalue weighted by Gasteiger charge is -2.35. The molecular weight excluding hydrogens is 286 g/mol. The Labute approximate surface area is 130 Å². The summed E-state index contributed by atoms with van der Waals surface area (Å²) in [6.07, 6.45) is 1.49. The maximum atomic E-state index is 9.49. The summed E-state index contributed by atoms with van der Waals surface area (Å²) in [7, 11) is 0. The van der Waals surface area contributed by atoms with E-state index >= 15 is 0 Å². The first kappa shape index (κ1) is 14.8. The zero-order chi connectivity index (χ0) is 15.3. The van der Waals surface area contributed by atoms with Gasteiger partial charge in [0, 0.05) is 5.56 Å². The van der Waals surface area contributed by atoms with Crippen molar-refractivity contribution in [1.82, 2.24) is 10.3 Å². The predicted molar refractivity (Wildman–Crippen MR) is 81.0 cm³/mol. The largest absolute Gasteiger partial charge is 0.359 e. The van der Waals surface area contributed by atoms with Gasteiger partial charge in [0.1, 0.15) is 11.7 Å². The molecule has 1 atom stereocenters. The van der Waals surface area contributed by atoms with Gasteiger partial charge in [0.25, 0.3) is 0 Å². The summed E-state index contributed by atoms with van der Waals surface area (Å²) in [4.78, 5) is 4.73. The monoisotopic (exact) mass is 305 g/mol. The lowest BCUT2D eigenvalue weighted by atomic mass is 9.83. The van der Waals surface area contributed by atoms with Crippen LogP contribution in [0.4, 0.5) is 0 Å². The van der Waals surface area contributed by atoms with Crippen LogP contribution in [0.3, 0.4) is 0 Å². The maximum absolute atomic E-state index is 9.49. The van der Waals surface area contributed by atoms with Gasteiger partial charge in [-0.25, -0.2) is 0 Å². The second-order valence-electron chi connectivity index (χ2n) is 6.57. The number of aromatic nitrogens is 1. The van der Waals surface area contributed by atoms with Gasteiger partial charge in [-0.15, -0.1) is 0 Å². The molecule has 1 unspecified atom stereocenters. The lowest BCUT2D eigenvalue weighted by Crippen LogP contribution is -2.41. The van der Waals surface area contributed by atoms with Crippen LogP contribution >= 0.6 is 11.6 Å². The zero-order valence-corrected chi connectivity index (χ0v) is 13.4. The molecule has 1 aromatic rings. The van der Waals surface area contributed by atoms with Gasteiger partial charge in [0.2, 0.25) is 0 Å². The number of aryl methyl sites for hydroxylation is 1. The molecule has 0 saturated carbocycles. The predicted octanol–water partition coefficient (Wildman–Crippen LogP) is 3.24. The molecule has 0 aliphatic carbocycles. The van der Waals surface area contributed by atoms with E-state index in [-0.39, 0.29) is 11.7 Å². The van der Waals surface area contributed by atoms with Gasteiger partial charge in [-0.2, -0.15) is 5.26 Å². The number of nitriles is 1. The Bertz CT molecular complexity index is 615. The minimum atomic E-state index is -0.608. The van der Waals surface area contributed by atoms with Crippen molar-refractivity contribution in [3.63, 3.8) is 0 Å². The van der Waals surface area contributed by atoms with Gasteiger partial charge < -0.3 is 10.1 Å². The van der Waals surface area contributed by atoms with E-state index in [1.165, 1.54) is 0 Å². The van der Waals surface area contributed by atoms with Gasteiger partial charge >= 0.3 is 0 Å². The smallest absolute Gasteiger partial charge is 0.114 e. The number of nitrogens with zero attached hydrogens (tertiary/aromatic N) is 2. The third-order valence-corrected chi connectivity index (χ3v) is 4.98. The Morgan fingerprint density at radius 2 is 2.14 bits per heavy atom. The third-order valence-electron chi connectivity index (χ3n) is 4.59. The molecule has 0 amide bonds. The molecule has 4 nitrogen and oxygen atoms in total. The van der Waals surface area contributed by atoms with Gasteiger partial charge in [-0.05, 0) is 52.8 Å². The lowest BCUT2D eigenvalue weighted by molar-refractivity contribution is -0.123. The van der Waals surface area contributed by atoms with Crippen LogP contribution in [0, 0.1) is 23.7 Å². The van der Waals surface area contributed by atoms with E-state index in [1.807, 2.05) is 26.8 Å². The Hall–Kier alpha value is -1.15. The molecule has 3 heterocycles. The van der Waals surface area contributed by atoms with Crippen molar-refractivity contribution in [3.8, 4) is 6.07 Å². The molecular formula is C16H20ClN3O. The summed E-state index contributed by atoms with van der Waals surface area (Å²) < 4.78 is 6.44. The molecule has 1 saturated heterocycles. The molecule has 0 bridgehead atoms. The highest BCUT2D eigenvalue weighted by molar-refractivity contribution is 6.31. The Kier molecular flexibility index (Phi) is 3.48. The normalized spacial score (nSPS) is 23.9. The van der Waals surface area contributed by atoms with Crippen molar-refractivity contribution in [2.75, 3.05) is 13.1 Å². The number of piperidine rings is 1. The van der Waals surface area contributed by atoms with Crippen LogP contribution in [0.2, 0.25) is 5.02 Å². The fourth-order valence-corrected chi connectivity index (χ4v) is 3.44. The van der Waals surface area contributed by atoms with Crippen molar-refractivity contribution in [2.45, 2.75) is 45.3 Å². The molecule has 1 aromatic heterocycles. The fraction of sp³-hybridized carbons (Fsp3) is 0.625. The number of hydrogen-bond donors (Lipinski definition) is 1. The molecule has 0 aromatic carbocycles. The number of rotatable bonds is 1. The number of hydrogen-bond acceptors (Lipinski definition) is 4. The number of nitrogens with one attached hydrogen (secondary N) is 1. The van der Waals surface area contributed by atoms with E-state index in [9.17, 15) is 5.26 Å². The summed E-state index contributed by atoms with van der Waals surface area (Å²) >= 11 is 6.26. The molecule has 3 rings (SSSR count). The summed E-state index contributed by atoms with van der Waals surface area (Å²) in [5.74, 6) is 0. The van der Waals surface area contributed by atoms with E-state index in [0.29, 0.717) is 5.02 Å². The van der Waals surface area contributed by atoms with Crippen LogP contribution in [0.5, 0.6) is 0 Å². The maximum Gasteiger partial charge on any atom is 0.114 e. The molecule has 112 valence electrons. The number of pyridine rings is 1. The molecule has 2 aliphatic heterocycles. The highest BCUT2D eigenvalue weighted by Gasteiger charge is 2.51. The summed E-state index contributed by atoms with van der Waals surface area (Å²) in [6, 6.07) is 4.31. The van der Waals surface area contributed by atoms with Crippen LogP contribution < -0.4 is 5.32 Å². The van der Waals surface area contributed by atoms with Gasteiger partial charge in [-0.1, -0.05) is 11.6 Å². The fourth-order valence-electron chi connectivity index (χ4n) is 3.28. The average molecular weight is 306 g/mol. The Balaban J connectivity index is 2.15. The molecule has 1 N–H and O–H groups in total. The minimum absolute atomic E-state index is 0.277. The number of fused-ring (bicyclic) bond motifs is 2. The zero-order valence-electron chi connectivity index (χ0n) is 12.7. The van der Waals surface area contributed by atoms with Crippen LogP contribution in [0.25, 0.3) is 0 Å². The second kappa shape index (κ2) is 4.95. The van der Waals surface area contributed by atoms with Crippen LogP contribution in [-0.4, -0.2) is 18.1 Å². The first-order valence-electron chi connectivity index (χ1n) is 7.37. The van der Waals surface area contributed by atoms with E-state index in [2.05, 4.69) is 11.4 Å². The second-order valence-corrected chi connectivity index (χ2v) is 6.98. The highest BCUT2D eigenvalue weighted by atomic mass is 35.5. The summed E-state index contributed by atoms with van der Waals surface area (Å²) in [5.41, 5.74) is 1.82. The Morgan fingerprint density at radius 1 is 1.48 bits per heavy atom. The van der Waals surface area contributed by atoms with Crippen molar-refractivity contribution in [1.29, 1.82) is 5.26 Å². The van der Waals surface area contributed by atoms with Crippen LogP contribution in [0.15, 0.2) is 6.07 Å². The van der Waals surface area contributed by atoms with E-state index in [0.717, 1.165) is 42.9 Å². The first-order chi connectivity index (χ1) is 9.89. The first-order valence-corrected chi connectivity index (χ1v) is 7.75. The number of halogens is 1. The molecule has 5 heteroatoms. The molecule has 1 spiro atoms. The molecule has 1 fully saturated rings. The quantitative estimate of drug-likeness (QED) is 0.865. The summed E-state index contributed by atoms with van der Waals surface area (Å²) in [6.45, 7) is 7.55. The van der Waals surface area contributed by atoms with E-state index in [1.54, 1.807) is 0 Å². The standard InChI is InChI=1S/C16H20ClN3O/c1-10-12(17)8-11-13(20-10)16(4-6-19-7-5-16)21-14(11)15(2,3)9-18/h8,14,19H,4-7H2,1-3H3. The van der Waals surface area contributed by atoms with Crippen molar-refractivity contribution in [2.24, 2.45) is 5.41 Å². The number of ether oxygens (including phenoxy) is 1. The van der Waals surface area contributed by atoms with Gasteiger partial charge in [-0.3, -0.25) is 4.98 Å². The third kappa shape index (κ3) is 2.24. The topological polar surface area (TPSA) is 57.9 Å². The Morgan fingerprint density at radius 3 is 2.76 bits per heavy atom. The minimum Gasteiger partial charge on any atom is -0.359 e. The van der Waals surface area contributed by atoms with Crippen LogP contribution in [-0.2, 0) is 10.3 Å². The summed E-state index contributed by atoms with van der Waals surface area (Å²) in [5, 5.41) is 13.5. The van der Waals surface area contributed by atoms with Gasteiger partial charge in [0.15, 0.2) is 0 Å². The average Bonchev–Trinajstić information content (AvgIpc) is 2.76. The van der Waals surface area contributed by atoms with E-state index in [4.69, 9.17) is 21.3 Å². The SMILES string of the molecule is Cc1nc2c(cc1Cl)C(C(C)(C)C#N)OC21CCNCC1. The van der Waals surface area contributed by atoms with Crippen molar-refractivity contribution < 1.29 is 4.74 Å². The molecule has 21 heavy (non-hydrogen) atoms. The van der Waals surface area contributed by atoms with Crippen LogP contribution in [0.1, 0.15) is 49.7 Å². The van der Waals surface area contributed by atoms with Crippen molar-refractivity contribution in [3.05, 3.63) is 28.0 Å². The highest BCUT2D eigenvalue weighted by Crippen LogP contribution is 2.53. The molecule has 2 aliphatic rings. The van der Waals surface area contributed by atoms with Gasteiger partial charge in [0.05, 0.1) is 27.9 Å². The van der Waals surface area contributed by atoms with E-state index < -0.39 is 5.41 Å².